The molecule has 1 aromatic heterocycles. The van der Waals surface area contributed by atoms with Crippen LogP contribution in [0, 0.1) is 0 Å². The van der Waals surface area contributed by atoms with E-state index in [0.717, 1.165) is 11.1 Å². The van der Waals surface area contributed by atoms with Crippen LogP contribution in [0.1, 0.15) is 52.8 Å². The Morgan fingerprint density at radius 1 is 0.938 bits per heavy atom. The summed E-state index contributed by atoms with van der Waals surface area (Å²) in [5.74, 6) is -1.44. The standard InChI is InChI=1S/C26H27NO5/c1-26(2,3)20-13-11-19(12-14-20)22(28)17-32-25(30)21(16-18-8-5-4-6-9-18)27-24(29)23-10-7-15-31-23/h4-15,21H,16-17H2,1-3H3,(H,27,29). The summed E-state index contributed by atoms with van der Waals surface area (Å²) in [5, 5.41) is 2.64. The molecule has 0 aliphatic heterocycles. The molecule has 0 aliphatic carbocycles. The summed E-state index contributed by atoms with van der Waals surface area (Å²) in [5.41, 5.74) is 2.39. The Balaban J connectivity index is 1.66. The number of esters is 1. The number of ether oxygens (including phenoxy) is 1. The molecule has 0 fully saturated rings. The van der Waals surface area contributed by atoms with E-state index in [1.165, 1.54) is 12.3 Å². The highest BCUT2D eigenvalue weighted by Crippen LogP contribution is 2.22. The zero-order valence-electron chi connectivity index (χ0n) is 18.5. The Hall–Kier alpha value is -3.67. The highest BCUT2D eigenvalue weighted by atomic mass is 16.5. The van der Waals surface area contributed by atoms with Crippen LogP contribution in [0.4, 0.5) is 0 Å². The van der Waals surface area contributed by atoms with Gasteiger partial charge in [-0.1, -0.05) is 75.4 Å². The number of furan rings is 1. The van der Waals surface area contributed by atoms with Crippen LogP contribution in [0.3, 0.4) is 0 Å². The number of Topliss-reactive ketones (excluding diaryl/α,β-unsaturated/α-hetero) is 1. The predicted molar refractivity (Wildman–Crippen MR) is 121 cm³/mol. The van der Waals surface area contributed by atoms with E-state index < -0.39 is 24.5 Å². The predicted octanol–water partition coefficient (Wildman–Crippen LogP) is 4.34. The van der Waals surface area contributed by atoms with Crippen LogP contribution in [0.2, 0.25) is 0 Å². The molecular formula is C26H27NO5. The van der Waals surface area contributed by atoms with Crippen molar-refractivity contribution in [2.45, 2.75) is 38.6 Å². The SMILES string of the molecule is CC(C)(C)c1ccc(C(=O)COC(=O)C(Cc2ccccc2)NC(=O)c2ccco2)cc1. The van der Waals surface area contributed by atoms with Gasteiger partial charge < -0.3 is 14.5 Å². The number of amides is 1. The lowest BCUT2D eigenvalue weighted by Crippen LogP contribution is -2.43. The third kappa shape index (κ3) is 6.17. The minimum Gasteiger partial charge on any atom is -0.459 e. The molecule has 3 rings (SSSR count). The molecule has 32 heavy (non-hydrogen) atoms. The number of carbonyl (C=O) groups excluding carboxylic acids is 3. The minimum atomic E-state index is -0.967. The molecule has 6 nitrogen and oxygen atoms in total. The molecule has 1 amide bonds. The van der Waals surface area contributed by atoms with E-state index in [9.17, 15) is 14.4 Å². The van der Waals surface area contributed by atoms with Crippen molar-refractivity contribution in [1.29, 1.82) is 0 Å². The van der Waals surface area contributed by atoms with Gasteiger partial charge in [-0.05, 0) is 28.7 Å². The molecule has 0 saturated heterocycles. The lowest BCUT2D eigenvalue weighted by molar-refractivity contribution is -0.144. The topological polar surface area (TPSA) is 85.6 Å². The first-order valence-corrected chi connectivity index (χ1v) is 10.4. The highest BCUT2D eigenvalue weighted by molar-refractivity contribution is 5.99. The van der Waals surface area contributed by atoms with Gasteiger partial charge in [-0.2, -0.15) is 0 Å². The van der Waals surface area contributed by atoms with Crippen LogP contribution in [0.15, 0.2) is 77.4 Å². The van der Waals surface area contributed by atoms with Gasteiger partial charge in [0.15, 0.2) is 18.2 Å². The monoisotopic (exact) mass is 433 g/mol. The Bertz CT molecular complexity index is 1050. The maximum Gasteiger partial charge on any atom is 0.329 e. The first-order valence-electron chi connectivity index (χ1n) is 10.4. The molecule has 2 aromatic carbocycles. The molecule has 6 heteroatoms. The van der Waals surface area contributed by atoms with Gasteiger partial charge in [0.25, 0.3) is 5.91 Å². The van der Waals surface area contributed by atoms with Crippen molar-refractivity contribution in [3.63, 3.8) is 0 Å². The van der Waals surface area contributed by atoms with Gasteiger partial charge in [0, 0.05) is 12.0 Å². The second-order valence-corrected chi connectivity index (χ2v) is 8.55. The molecule has 0 radical (unpaired) electrons. The van der Waals surface area contributed by atoms with E-state index in [-0.39, 0.29) is 23.4 Å². The summed E-state index contributed by atoms with van der Waals surface area (Å²) < 4.78 is 10.4. The molecule has 1 N–H and O–H groups in total. The zero-order chi connectivity index (χ0) is 23.1. The van der Waals surface area contributed by atoms with E-state index in [4.69, 9.17) is 9.15 Å². The maximum atomic E-state index is 12.8. The van der Waals surface area contributed by atoms with Crippen molar-refractivity contribution in [2.24, 2.45) is 0 Å². The largest absolute Gasteiger partial charge is 0.459 e. The molecule has 0 aliphatic rings. The van der Waals surface area contributed by atoms with E-state index in [0.29, 0.717) is 5.56 Å². The fourth-order valence-corrected chi connectivity index (χ4v) is 3.16. The molecule has 3 aromatic rings. The quantitative estimate of drug-likeness (QED) is 0.422. The lowest BCUT2D eigenvalue weighted by Gasteiger charge is -2.19. The maximum absolute atomic E-state index is 12.8. The van der Waals surface area contributed by atoms with Crippen molar-refractivity contribution in [2.75, 3.05) is 6.61 Å². The van der Waals surface area contributed by atoms with E-state index in [1.54, 1.807) is 18.2 Å². The van der Waals surface area contributed by atoms with Crippen LogP contribution in [0.5, 0.6) is 0 Å². The molecule has 1 unspecified atom stereocenters. The third-order valence-electron chi connectivity index (χ3n) is 5.04. The summed E-state index contributed by atoms with van der Waals surface area (Å²) in [4.78, 5) is 37.7. The van der Waals surface area contributed by atoms with Gasteiger partial charge in [-0.25, -0.2) is 4.79 Å². The van der Waals surface area contributed by atoms with Crippen LogP contribution in [0.25, 0.3) is 0 Å². The molecule has 166 valence electrons. The number of rotatable bonds is 8. The summed E-state index contributed by atoms with van der Waals surface area (Å²) >= 11 is 0. The molecule has 0 bridgehead atoms. The minimum absolute atomic E-state index is 0.0229. The van der Waals surface area contributed by atoms with Crippen molar-refractivity contribution in [3.05, 3.63) is 95.4 Å². The van der Waals surface area contributed by atoms with Gasteiger partial charge in [-0.15, -0.1) is 0 Å². The van der Waals surface area contributed by atoms with Gasteiger partial charge in [-0.3, -0.25) is 9.59 Å². The Labute approximate surface area is 187 Å². The Morgan fingerprint density at radius 2 is 1.62 bits per heavy atom. The normalized spacial score (nSPS) is 12.1. The van der Waals surface area contributed by atoms with Gasteiger partial charge in [0.2, 0.25) is 0 Å². The van der Waals surface area contributed by atoms with Crippen molar-refractivity contribution >= 4 is 17.7 Å². The molecule has 0 spiro atoms. The summed E-state index contributed by atoms with van der Waals surface area (Å²) in [7, 11) is 0. The van der Waals surface area contributed by atoms with Crippen LogP contribution >= 0.6 is 0 Å². The average Bonchev–Trinajstić information content (AvgIpc) is 3.32. The van der Waals surface area contributed by atoms with Crippen LogP contribution < -0.4 is 5.32 Å². The van der Waals surface area contributed by atoms with Crippen LogP contribution in [-0.2, 0) is 21.4 Å². The van der Waals surface area contributed by atoms with E-state index in [1.807, 2.05) is 42.5 Å². The van der Waals surface area contributed by atoms with E-state index in [2.05, 4.69) is 26.1 Å². The zero-order valence-corrected chi connectivity index (χ0v) is 18.5. The molecular weight excluding hydrogens is 406 g/mol. The molecule has 1 heterocycles. The number of carbonyl (C=O) groups is 3. The highest BCUT2D eigenvalue weighted by Gasteiger charge is 2.25. The van der Waals surface area contributed by atoms with Crippen LogP contribution in [-0.4, -0.2) is 30.3 Å². The first kappa shape index (κ1) is 23.0. The number of ketones is 1. The Kier molecular flexibility index (Phi) is 7.25. The summed E-state index contributed by atoms with van der Waals surface area (Å²) in [6.45, 7) is 5.87. The lowest BCUT2D eigenvalue weighted by atomic mass is 9.86. The van der Waals surface area contributed by atoms with Crippen molar-refractivity contribution in [3.8, 4) is 0 Å². The third-order valence-corrected chi connectivity index (χ3v) is 5.04. The number of hydrogen-bond donors (Lipinski definition) is 1. The van der Waals surface area contributed by atoms with Gasteiger partial charge in [0.1, 0.15) is 6.04 Å². The average molecular weight is 434 g/mol. The molecule has 1 atom stereocenters. The first-order chi connectivity index (χ1) is 15.2. The fourth-order valence-electron chi connectivity index (χ4n) is 3.16. The number of nitrogens with one attached hydrogen (secondary N) is 1. The number of hydrogen-bond acceptors (Lipinski definition) is 5. The molecule has 0 saturated carbocycles. The summed E-state index contributed by atoms with van der Waals surface area (Å²) in [6.07, 6.45) is 1.60. The Morgan fingerprint density at radius 3 is 2.22 bits per heavy atom. The number of benzene rings is 2. The second kappa shape index (κ2) is 10.1. The summed E-state index contributed by atoms with van der Waals surface area (Å²) in [6, 6.07) is 18.6. The second-order valence-electron chi connectivity index (χ2n) is 8.55. The van der Waals surface area contributed by atoms with Gasteiger partial charge >= 0.3 is 5.97 Å². The van der Waals surface area contributed by atoms with Crippen molar-refractivity contribution < 1.29 is 23.5 Å². The van der Waals surface area contributed by atoms with Gasteiger partial charge in [0.05, 0.1) is 6.26 Å². The fraction of sp³-hybridized carbons (Fsp3) is 0.269. The smallest absolute Gasteiger partial charge is 0.329 e. The van der Waals surface area contributed by atoms with Crippen molar-refractivity contribution in [1.82, 2.24) is 5.32 Å². The van der Waals surface area contributed by atoms with E-state index >= 15 is 0 Å².